The molecular formula is C21H21F3N6O2. The third-order valence-corrected chi connectivity index (χ3v) is 6.22. The number of nitrogens with zero attached hydrogens (tertiary/aromatic N) is 6. The Morgan fingerprint density at radius 1 is 1.34 bits per heavy atom. The SMILES string of the molecule is COc1nc(C#N)nc2c1C(C)N(C(=O)CC1CN(c3ccnc(C(F)(F)F)c3)C1C)C2. The van der Waals surface area contributed by atoms with Crippen molar-refractivity contribution in [1.82, 2.24) is 19.9 Å². The highest BCUT2D eigenvalue weighted by atomic mass is 19.4. The van der Waals surface area contributed by atoms with Crippen molar-refractivity contribution >= 4 is 11.6 Å². The van der Waals surface area contributed by atoms with Crippen molar-refractivity contribution in [3.63, 3.8) is 0 Å². The standard InChI is InChI=1S/C21H21F3N6O2/c1-11-13(9-29(11)14-4-5-26-16(7-14)21(22,23)24)6-18(31)30-10-15-19(12(30)2)20(32-3)28-17(8-25)27-15/h4-5,7,11-13H,6,9-10H2,1-3H3. The second-order valence-corrected chi connectivity index (χ2v) is 7.98. The van der Waals surface area contributed by atoms with E-state index in [0.717, 1.165) is 12.3 Å². The van der Waals surface area contributed by atoms with Crippen LogP contribution in [0.1, 0.15) is 49.1 Å². The molecule has 8 nitrogen and oxygen atoms in total. The van der Waals surface area contributed by atoms with E-state index < -0.39 is 11.9 Å². The molecule has 1 saturated heterocycles. The first kappa shape index (κ1) is 21.8. The van der Waals surface area contributed by atoms with Gasteiger partial charge in [0.25, 0.3) is 0 Å². The molecule has 11 heteroatoms. The summed E-state index contributed by atoms with van der Waals surface area (Å²) in [7, 11) is 1.45. The highest BCUT2D eigenvalue weighted by Gasteiger charge is 2.42. The van der Waals surface area contributed by atoms with Crippen molar-refractivity contribution in [2.45, 2.75) is 45.1 Å². The highest BCUT2D eigenvalue weighted by Crippen LogP contribution is 2.40. The lowest BCUT2D eigenvalue weighted by molar-refractivity contribution is -0.141. The molecule has 1 fully saturated rings. The number of alkyl halides is 3. The van der Waals surface area contributed by atoms with Crippen LogP contribution in [0.4, 0.5) is 18.9 Å². The molecule has 1 amide bonds. The van der Waals surface area contributed by atoms with Crippen molar-refractivity contribution in [1.29, 1.82) is 5.26 Å². The molecule has 0 aliphatic carbocycles. The molecule has 0 radical (unpaired) electrons. The van der Waals surface area contributed by atoms with E-state index in [2.05, 4.69) is 15.0 Å². The van der Waals surface area contributed by atoms with Crippen LogP contribution in [0.3, 0.4) is 0 Å². The zero-order valence-corrected chi connectivity index (χ0v) is 17.7. The Labute approximate surface area is 182 Å². The zero-order valence-electron chi connectivity index (χ0n) is 17.7. The van der Waals surface area contributed by atoms with Crippen molar-refractivity contribution in [3.05, 3.63) is 41.1 Å². The van der Waals surface area contributed by atoms with Crippen LogP contribution in [-0.4, -0.2) is 45.5 Å². The summed E-state index contributed by atoms with van der Waals surface area (Å²) >= 11 is 0. The van der Waals surface area contributed by atoms with Gasteiger partial charge in [0.15, 0.2) is 0 Å². The fourth-order valence-corrected chi connectivity index (χ4v) is 4.36. The fraction of sp³-hybridized carbons (Fsp3) is 0.476. The molecule has 4 heterocycles. The van der Waals surface area contributed by atoms with Gasteiger partial charge in [-0.3, -0.25) is 9.78 Å². The Bertz CT molecular complexity index is 1100. The Morgan fingerprint density at radius 2 is 2.09 bits per heavy atom. The smallest absolute Gasteiger partial charge is 0.433 e. The number of pyridine rings is 1. The summed E-state index contributed by atoms with van der Waals surface area (Å²) in [5.74, 6) is 0.193. The van der Waals surface area contributed by atoms with Crippen LogP contribution in [0, 0.1) is 17.2 Å². The summed E-state index contributed by atoms with van der Waals surface area (Å²) in [6.45, 7) is 4.48. The normalized spacial score (nSPS) is 22.2. The molecule has 32 heavy (non-hydrogen) atoms. The fourth-order valence-electron chi connectivity index (χ4n) is 4.36. The lowest BCUT2D eigenvalue weighted by atomic mass is 9.86. The van der Waals surface area contributed by atoms with E-state index in [1.54, 1.807) is 11.0 Å². The van der Waals surface area contributed by atoms with E-state index in [1.165, 1.54) is 7.11 Å². The number of fused-ring (bicyclic) bond motifs is 1. The number of amides is 1. The van der Waals surface area contributed by atoms with Gasteiger partial charge in [-0.2, -0.15) is 23.4 Å². The Hall–Kier alpha value is -3.42. The van der Waals surface area contributed by atoms with Gasteiger partial charge in [0.05, 0.1) is 31.0 Å². The summed E-state index contributed by atoms with van der Waals surface area (Å²) in [5, 5.41) is 9.12. The molecular weight excluding hydrogens is 425 g/mol. The lowest BCUT2D eigenvalue weighted by Crippen LogP contribution is -2.56. The van der Waals surface area contributed by atoms with Crippen LogP contribution in [-0.2, 0) is 17.5 Å². The Kier molecular flexibility index (Phi) is 5.40. The molecule has 0 bridgehead atoms. The van der Waals surface area contributed by atoms with Gasteiger partial charge >= 0.3 is 6.18 Å². The molecule has 4 rings (SSSR count). The van der Waals surface area contributed by atoms with Crippen molar-refractivity contribution in [3.8, 4) is 11.9 Å². The highest BCUT2D eigenvalue weighted by molar-refractivity contribution is 5.78. The summed E-state index contributed by atoms with van der Waals surface area (Å²) < 4.78 is 44.2. The van der Waals surface area contributed by atoms with E-state index in [0.29, 0.717) is 23.5 Å². The summed E-state index contributed by atoms with van der Waals surface area (Å²) in [5.41, 5.74) is 0.792. The number of hydrogen-bond donors (Lipinski definition) is 0. The maximum atomic E-state index is 13.1. The lowest BCUT2D eigenvalue weighted by Gasteiger charge is -2.48. The molecule has 0 spiro atoms. The molecule has 0 saturated carbocycles. The number of carbonyl (C=O) groups excluding carboxylic acids is 1. The van der Waals surface area contributed by atoms with Crippen molar-refractivity contribution < 1.29 is 22.7 Å². The number of ether oxygens (including phenoxy) is 1. The van der Waals surface area contributed by atoms with E-state index in [-0.39, 0.29) is 48.6 Å². The van der Waals surface area contributed by atoms with E-state index in [1.807, 2.05) is 24.8 Å². The molecule has 2 aliphatic heterocycles. The predicted octanol–water partition coefficient (Wildman–Crippen LogP) is 3.09. The second kappa shape index (κ2) is 7.93. The third-order valence-electron chi connectivity index (χ3n) is 6.22. The number of methoxy groups -OCH3 is 1. The van der Waals surface area contributed by atoms with Gasteiger partial charge < -0.3 is 14.5 Å². The number of nitriles is 1. The topological polar surface area (TPSA) is 95.2 Å². The molecule has 2 aromatic rings. The number of halogens is 3. The average molecular weight is 446 g/mol. The van der Waals surface area contributed by atoms with E-state index in [4.69, 9.17) is 10.00 Å². The van der Waals surface area contributed by atoms with Crippen LogP contribution in [0.15, 0.2) is 18.3 Å². The van der Waals surface area contributed by atoms with Gasteiger partial charge in [-0.1, -0.05) is 0 Å². The van der Waals surface area contributed by atoms with Gasteiger partial charge in [0.2, 0.25) is 17.6 Å². The van der Waals surface area contributed by atoms with E-state index >= 15 is 0 Å². The van der Waals surface area contributed by atoms with Gasteiger partial charge in [0.1, 0.15) is 11.8 Å². The monoisotopic (exact) mass is 446 g/mol. The van der Waals surface area contributed by atoms with Gasteiger partial charge in [-0.05, 0) is 26.0 Å². The minimum atomic E-state index is -4.50. The van der Waals surface area contributed by atoms with E-state index in [9.17, 15) is 18.0 Å². The Balaban J connectivity index is 1.43. The van der Waals surface area contributed by atoms with Crippen LogP contribution in [0.5, 0.6) is 5.88 Å². The van der Waals surface area contributed by atoms with Gasteiger partial charge in [0, 0.05) is 36.8 Å². The summed E-state index contributed by atoms with van der Waals surface area (Å²) in [6.07, 6.45) is -3.10. The molecule has 0 N–H and O–H groups in total. The van der Waals surface area contributed by atoms with Gasteiger partial charge in [-0.15, -0.1) is 0 Å². The summed E-state index contributed by atoms with van der Waals surface area (Å²) in [4.78, 5) is 28.2. The maximum absolute atomic E-state index is 13.1. The molecule has 2 aliphatic rings. The number of carbonyl (C=O) groups is 1. The number of hydrogen-bond acceptors (Lipinski definition) is 7. The molecule has 0 aromatic carbocycles. The minimum Gasteiger partial charge on any atom is -0.481 e. The Morgan fingerprint density at radius 3 is 2.72 bits per heavy atom. The number of rotatable bonds is 4. The molecule has 2 aromatic heterocycles. The van der Waals surface area contributed by atoms with Crippen molar-refractivity contribution in [2.75, 3.05) is 18.6 Å². The summed E-state index contributed by atoms with van der Waals surface area (Å²) in [6, 6.07) is 4.07. The van der Waals surface area contributed by atoms with Crippen molar-refractivity contribution in [2.24, 2.45) is 5.92 Å². The quantitative estimate of drug-likeness (QED) is 0.712. The van der Waals surface area contributed by atoms with Crippen LogP contribution in [0.25, 0.3) is 0 Å². The molecule has 168 valence electrons. The van der Waals surface area contributed by atoms with Crippen LogP contribution in [0.2, 0.25) is 0 Å². The number of anilines is 1. The first-order valence-corrected chi connectivity index (χ1v) is 10.1. The first-order chi connectivity index (χ1) is 15.1. The predicted molar refractivity (Wildman–Crippen MR) is 106 cm³/mol. The zero-order chi connectivity index (χ0) is 23.2. The average Bonchev–Trinajstić information content (AvgIpc) is 3.11. The van der Waals surface area contributed by atoms with Gasteiger partial charge in [-0.25, -0.2) is 4.98 Å². The molecule has 3 unspecified atom stereocenters. The first-order valence-electron chi connectivity index (χ1n) is 10.1. The maximum Gasteiger partial charge on any atom is 0.433 e. The largest absolute Gasteiger partial charge is 0.481 e. The molecule has 3 atom stereocenters. The number of aromatic nitrogens is 3. The minimum absolute atomic E-state index is 0.00330. The third kappa shape index (κ3) is 3.70. The van der Waals surface area contributed by atoms with Crippen LogP contribution >= 0.6 is 0 Å². The van der Waals surface area contributed by atoms with Crippen LogP contribution < -0.4 is 9.64 Å². The second-order valence-electron chi connectivity index (χ2n) is 7.98.